The van der Waals surface area contributed by atoms with E-state index in [1.807, 2.05) is 25.1 Å². The van der Waals surface area contributed by atoms with E-state index in [-0.39, 0.29) is 12.2 Å². The molecule has 1 aromatic carbocycles. The highest BCUT2D eigenvalue weighted by Gasteiger charge is 2.15. The lowest BCUT2D eigenvalue weighted by Gasteiger charge is -1.96. The van der Waals surface area contributed by atoms with Gasteiger partial charge in [-0.2, -0.15) is 0 Å². The number of aryl methyl sites for hydroxylation is 1. The molecule has 0 fully saturated rings. The highest BCUT2D eigenvalue weighted by atomic mass is 32.1. The van der Waals surface area contributed by atoms with Crippen LogP contribution in [0.25, 0.3) is 0 Å². The fourth-order valence-corrected chi connectivity index (χ4v) is 2.71. The topological polar surface area (TPSA) is 54.4 Å². The minimum absolute atomic E-state index is 0.0373. The first-order chi connectivity index (χ1) is 8.58. The molecule has 0 amide bonds. The first-order valence-corrected chi connectivity index (χ1v) is 6.30. The highest BCUT2D eigenvalue weighted by Crippen LogP contribution is 2.24. The van der Waals surface area contributed by atoms with Gasteiger partial charge in [-0.3, -0.25) is 9.59 Å². The molecular formula is C14H12O3S. The molecule has 0 unspecified atom stereocenters. The van der Waals surface area contributed by atoms with Crippen molar-refractivity contribution >= 4 is 23.1 Å². The lowest BCUT2D eigenvalue weighted by Crippen LogP contribution is -2.00. The van der Waals surface area contributed by atoms with Gasteiger partial charge in [0.15, 0.2) is 0 Å². The molecule has 0 bridgehead atoms. The van der Waals surface area contributed by atoms with E-state index in [0.717, 1.165) is 4.88 Å². The zero-order chi connectivity index (χ0) is 13.1. The molecule has 2 rings (SSSR count). The number of aliphatic carboxylic acids is 1. The van der Waals surface area contributed by atoms with Crippen LogP contribution in [0.4, 0.5) is 0 Å². The molecule has 0 atom stereocenters. The summed E-state index contributed by atoms with van der Waals surface area (Å²) in [6.07, 6.45) is -0.0373. The first-order valence-electron chi connectivity index (χ1n) is 5.49. The summed E-state index contributed by atoms with van der Waals surface area (Å²) in [4.78, 5) is 24.3. The molecule has 2 aromatic rings. The Morgan fingerprint density at radius 2 is 1.89 bits per heavy atom. The molecule has 0 aliphatic rings. The molecule has 1 N–H and O–H groups in total. The third-order valence-corrected chi connectivity index (χ3v) is 3.71. The minimum Gasteiger partial charge on any atom is -0.481 e. The van der Waals surface area contributed by atoms with Crippen LogP contribution < -0.4 is 0 Å². The van der Waals surface area contributed by atoms with E-state index in [1.54, 1.807) is 18.2 Å². The average molecular weight is 260 g/mol. The molecular weight excluding hydrogens is 248 g/mol. The maximum absolute atomic E-state index is 12.2. The number of carboxylic acids is 1. The van der Waals surface area contributed by atoms with Gasteiger partial charge in [0.1, 0.15) is 0 Å². The number of carbonyl (C=O) groups excluding carboxylic acids is 1. The summed E-state index contributed by atoms with van der Waals surface area (Å²) >= 11 is 1.35. The number of hydrogen-bond donors (Lipinski definition) is 1. The molecule has 0 aliphatic heterocycles. The Morgan fingerprint density at radius 1 is 1.22 bits per heavy atom. The molecule has 4 heteroatoms. The maximum atomic E-state index is 12.2. The molecule has 0 aliphatic carbocycles. The zero-order valence-corrected chi connectivity index (χ0v) is 10.7. The van der Waals surface area contributed by atoms with Crippen LogP contribution in [-0.2, 0) is 11.2 Å². The summed E-state index contributed by atoms with van der Waals surface area (Å²) < 4.78 is 0. The standard InChI is InChI=1S/C14H12O3S/c1-9-11(8-13(15)16)7-12(18-9)14(17)10-5-3-2-4-6-10/h2-7H,8H2,1H3,(H,15,16). The van der Waals surface area contributed by atoms with Gasteiger partial charge in [-0.15, -0.1) is 11.3 Å². The molecule has 0 saturated carbocycles. The molecule has 0 radical (unpaired) electrons. The van der Waals surface area contributed by atoms with Crippen molar-refractivity contribution in [2.24, 2.45) is 0 Å². The van der Waals surface area contributed by atoms with Gasteiger partial charge in [0.25, 0.3) is 0 Å². The van der Waals surface area contributed by atoms with Crippen LogP contribution in [-0.4, -0.2) is 16.9 Å². The molecule has 18 heavy (non-hydrogen) atoms. The molecule has 0 saturated heterocycles. The van der Waals surface area contributed by atoms with Gasteiger partial charge < -0.3 is 5.11 Å². The molecule has 92 valence electrons. The van der Waals surface area contributed by atoms with E-state index >= 15 is 0 Å². The smallest absolute Gasteiger partial charge is 0.307 e. The van der Waals surface area contributed by atoms with Crippen LogP contribution in [0.3, 0.4) is 0 Å². The maximum Gasteiger partial charge on any atom is 0.307 e. The molecule has 1 heterocycles. The number of carbonyl (C=O) groups is 2. The number of thiophene rings is 1. The summed E-state index contributed by atoms with van der Waals surface area (Å²) in [7, 11) is 0. The molecule has 0 spiro atoms. The predicted molar refractivity (Wildman–Crippen MR) is 70.3 cm³/mol. The van der Waals surface area contributed by atoms with E-state index in [0.29, 0.717) is 16.0 Å². The monoisotopic (exact) mass is 260 g/mol. The van der Waals surface area contributed by atoms with Crippen LogP contribution in [0.2, 0.25) is 0 Å². The normalized spacial score (nSPS) is 10.3. The second-order valence-electron chi connectivity index (χ2n) is 3.96. The summed E-state index contributed by atoms with van der Waals surface area (Å²) in [6.45, 7) is 1.84. The highest BCUT2D eigenvalue weighted by molar-refractivity contribution is 7.14. The van der Waals surface area contributed by atoms with Crippen molar-refractivity contribution in [3.05, 3.63) is 57.3 Å². The number of benzene rings is 1. The van der Waals surface area contributed by atoms with Crippen LogP contribution in [0.1, 0.15) is 25.7 Å². The lowest BCUT2D eigenvalue weighted by molar-refractivity contribution is -0.136. The number of rotatable bonds is 4. The Hall–Kier alpha value is -1.94. The van der Waals surface area contributed by atoms with Crippen LogP contribution in [0, 0.1) is 6.92 Å². The van der Waals surface area contributed by atoms with E-state index in [2.05, 4.69) is 0 Å². The van der Waals surface area contributed by atoms with E-state index in [1.165, 1.54) is 11.3 Å². The van der Waals surface area contributed by atoms with Crippen molar-refractivity contribution in [1.29, 1.82) is 0 Å². The van der Waals surface area contributed by atoms with E-state index < -0.39 is 5.97 Å². The van der Waals surface area contributed by atoms with Gasteiger partial charge in [-0.05, 0) is 18.6 Å². The van der Waals surface area contributed by atoms with Crippen molar-refractivity contribution in [2.75, 3.05) is 0 Å². The van der Waals surface area contributed by atoms with Gasteiger partial charge in [-0.25, -0.2) is 0 Å². The first kappa shape index (κ1) is 12.5. The average Bonchev–Trinajstić information content (AvgIpc) is 2.70. The van der Waals surface area contributed by atoms with Crippen LogP contribution >= 0.6 is 11.3 Å². The summed E-state index contributed by atoms with van der Waals surface area (Å²) in [5, 5.41) is 8.78. The third-order valence-electron chi connectivity index (χ3n) is 2.62. The Morgan fingerprint density at radius 3 is 2.50 bits per heavy atom. The predicted octanol–water partition coefficient (Wildman–Crippen LogP) is 2.91. The number of hydrogen-bond acceptors (Lipinski definition) is 3. The molecule has 3 nitrogen and oxygen atoms in total. The SMILES string of the molecule is Cc1sc(C(=O)c2ccccc2)cc1CC(=O)O. The largest absolute Gasteiger partial charge is 0.481 e. The second kappa shape index (κ2) is 5.14. The van der Waals surface area contributed by atoms with Gasteiger partial charge in [0, 0.05) is 10.4 Å². The van der Waals surface area contributed by atoms with Gasteiger partial charge in [0.05, 0.1) is 11.3 Å². The van der Waals surface area contributed by atoms with Crippen molar-refractivity contribution in [3.63, 3.8) is 0 Å². The summed E-state index contributed by atoms with van der Waals surface area (Å²) in [5.74, 6) is -0.935. The van der Waals surface area contributed by atoms with Gasteiger partial charge in [0.2, 0.25) is 5.78 Å². The fourth-order valence-electron chi connectivity index (χ4n) is 1.70. The Labute approximate surface area is 109 Å². The van der Waals surface area contributed by atoms with Gasteiger partial charge >= 0.3 is 5.97 Å². The van der Waals surface area contributed by atoms with Crippen molar-refractivity contribution < 1.29 is 14.7 Å². The third kappa shape index (κ3) is 2.65. The van der Waals surface area contributed by atoms with E-state index in [4.69, 9.17) is 5.11 Å². The summed E-state index contributed by atoms with van der Waals surface area (Å²) in [6, 6.07) is 10.7. The molecule has 1 aromatic heterocycles. The van der Waals surface area contributed by atoms with E-state index in [9.17, 15) is 9.59 Å². The van der Waals surface area contributed by atoms with Crippen LogP contribution in [0.15, 0.2) is 36.4 Å². The minimum atomic E-state index is -0.880. The summed E-state index contributed by atoms with van der Waals surface area (Å²) in [5.41, 5.74) is 1.34. The van der Waals surface area contributed by atoms with Gasteiger partial charge in [-0.1, -0.05) is 30.3 Å². The Balaban J connectivity index is 2.30. The quantitative estimate of drug-likeness (QED) is 0.860. The number of carboxylic acid groups (broad SMARTS) is 1. The Kier molecular flexibility index (Phi) is 3.58. The Bertz CT molecular complexity index is 584. The zero-order valence-electron chi connectivity index (χ0n) is 9.84. The van der Waals surface area contributed by atoms with Crippen molar-refractivity contribution in [2.45, 2.75) is 13.3 Å². The fraction of sp³-hybridized carbons (Fsp3) is 0.143. The van der Waals surface area contributed by atoms with Crippen molar-refractivity contribution in [3.8, 4) is 0 Å². The second-order valence-corrected chi connectivity index (χ2v) is 5.21. The van der Waals surface area contributed by atoms with Crippen LogP contribution in [0.5, 0.6) is 0 Å². The lowest BCUT2D eigenvalue weighted by atomic mass is 10.1. The number of ketones is 1. The van der Waals surface area contributed by atoms with Crippen molar-refractivity contribution in [1.82, 2.24) is 0 Å².